The van der Waals surface area contributed by atoms with Crippen LogP contribution in [0.4, 0.5) is 0 Å². The van der Waals surface area contributed by atoms with E-state index in [0.29, 0.717) is 17.8 Å². The van der Waals surface area contributed by atoms with E-state index >= 15 is 0 Å². The van der Waals surface area contributed by atoms with Crippen LogP contribution < -0.4 is 0 Å². The average Bonchev–Trinajstić information content (AvgIpc) is 3.32. The third-order valence-corrected chi connectivity index (χ3v) is 6.58. The molecule has 4 aromatic rings. The highest BCUT2D eigenvalue weighted by Crippen LogP contribution is 2.33. The Balaban J connectivity index is 1.44. The molecule has 0 spiro atoms. The number of rotatable bonds is 2. The van der Waals surface area contributed by atoms with Crippen molar-refractivity contribution < 1.29 is 4.79 Å². The first-order valence-corrected chi connectivity index (χ1v) is 10.4. The summed E-state index contributed by atoms with van der Waals surface area (Å²) in [7, 11) is 0. The third-order valence-electron chi connectivity index (χ3n) is 5.38. The van der Waals surface area contributed by atoms with Crippen molar-refractivity contribution in [3.8, 4) is 0 Å². The van der Waals surface area contributed by atoms with E-state index < -0.39 is 0 Å². The molecule has 0 saturated carbocycles. The fourth-order valence-electron chi connectivity index (χ4n) is 4.02. The maximum Gasteiger partial charge on any atom is 0.259 e. The second kappa shape index (κ2) is 6.67. The van der Waals surface area contributed by atoms with E-state index in [9.17, 15) is 4.79 Å². The molecule has 28 heavy (non-hydrogen) atoms. The first-order valence-electron chi connectivity index (χ1n) is 9.57. The van der Waals surface area contributed by atoms with Crippen LogP contribution in [0.2, 0.25) is 0 Å². The van der Waals surface area contributed by atoms with Crippen LogP contribution in [0.25, 0.3) is 15.9 Å². The molecular formula is C21H21N5OS. The summed E-state index contributed by atoms with van der Waals surface area (Å²) in [4.78, 5) is 24.6. The molecule has 1 aliphatic rings. The van der Waals surface area contributed by atoms with E-state index in [-0.39, 0.29) is 11.8 Å². The maximum absolute atomic E-state index is 13.3. The smallest absolute Gasteiger partial charge is 0.259 e. The zero-order chi connectivity index (χ0) is 19.3. The van der Waals surface area contributed by atoms with E-state index in [2.05, 4.69) is 22.2 Å². The molecule has 4 heterocycles. The lowest BCUT2D eigenvalue weighted by Crippen LogP contribution is -2.39. The molecule has 1 aliphatic heterocycles. The Morgan fingerprint density at radius 1 is 1.21 bits per heavy atom. The van der Waals surface area contributed by atoms with Gasteiger partial charge in [0.15, 0.2) is 5.65 Å². The summed E-state index contributed by atoms with van der Waals surface area (Å²) < 4.78 is 2.95. The van der Waals surface area contributed by atoms with Gasteiger partial charge >= 0.3 is 0 Å². The van der Waals surface area contributed by atoms with Gasteiger partial charge in [0, 0.05) is 30.4 Å². The van der Waals surface area contributed by atoms with Crippen LogP contribution in [-0.4, -0.2) is 43.5 Å². The number of hydrogen-bond donors (Lipinski definition) is 0. The van der Waals surface area contributed by atoms with Crippen molar-refractivity contribution in [2.45, 2.75) is 32.6 Å². The van der Waals surface area contributed by atoms with Gasteiger partial charge in [-0.2, -0.15) is 5.10 Å². The van der Waals surface area contributed by atoms with Crippen molar-refractivity contribution in [3.63, 3.8) is 0 Å². The molecule has 0 N–H and O–H groups in total. The lowest BCUT2D eigenvalue weighted by atomic mass is 9.98. The van der Waals surface area contributed by atoms with E-state index in [4.69, 9.17) is 4.98 Å². The van der Waals surface area contributed by atoms with E-state index in [1.165, 1.54) is 4.70 Å². The number of fused-ring (bicyclic) bond motifs is 2. The summed E-state index contributed by atoms with van der Waals surface area (Å²) >= 11 is 1.74. The average molecular weight is 392 g/mol. The zero-order valence-electron chi connectivity index (χ0n) is 15.9. The lowest BCUT2D eigenvalue weighted by molar-refractivity contribution is 0.0709. The van der Waals surface area contributed by atoms with Gasteiger partial charge in [0.2, 0.25) is 0 Å². The summed E-state index contributed by atoms with van der Waals surface area (Å²) in [6.45, 7) is 5.38. The van der Waals surface area contributed by atoms with Gasteiger partial charge in [-0.1, -0.05) is 12.1 Å². The number of thiazole rings is 1. The number of aromatic nitrogens is 4. The summed E-state index contributed by atoms with van der Waals surface area (Å²) in [5, 5.41) is 5.51. The van der Waals surface area contributed by atoms with Crippen molar-refractivity contribution >= 4 is 33.1 Å². The summed E-state index contributed by atoms with van der Waals surface area (Å²) in [5.74, 6) is 0.298. The van der Waals surface area contributed by atoms with Crippen LogP contribution in [-0.2, 0) is 0 Å². The van der Waals surface area contributed by atoms with Crippen molar-refractivity contribution in [3.05, 3.63) is 58.5 Å². The Morgan fingerprint density at radius 3 is 2.93 bits per heavy atom. The zero-order valence-corrected chi connectivity index (χ0v) is 16.7. The van der Waals surface area contributed by atoms with Crippen molar-refractivity contribution in [1.82, 2.24) is 24.5 Å². The molecule has 5 rings (SSSR count). The Hall–Kier alpha value is -2.80. The Kier molecular flexibility index (Phi) is 4.12. The number of nitrogens with zero attached hydrogens (tertiary/aromatic N) is 5. The number of aryl methyl sites for hydroxylation is 2. The quantitative estimate of drug-likeness (QED) is 0.519. The Bertz CT molecular complexity index is 1160. The minimum absolute atomic E-state index is 0.0123. The first kappa shape index (κ1) is 17.3. The lowest BCUT2D eigenvalue weighted by Gasteiger charge is -2.31. The van der Waals surface area contributed by atoms with Crippen molar-refractivity contribution in [1.29, 1.82) is 0 Å². The van der Waals surface area contributed by atoms with Gasteiger partial charge in [-0.25, -0.2) is 14.5 Å². The van der Waals surface area contributed by atoms with Gasteiger partial charge in [-0.3, -0.25) is 4.79 Å². The van der Waals surface area contributed by atoms with Gasteiger partial charge in [0.25, 0.3) is 5.91 Å². The molecule has 0 aliphatic carbocycles. The SMILES string of the molecule is Cc1cc(C)n2ncc(C(=O)N3CCC[C@@H](c4nc5ccccc5s4)C3)c2n1. The van der Waals surface area contributed by atoms with Crippen molar-refractivity contribution in [2.24, 2.45) is 0 Å². The number of carbonyl (C=O) groups is 1. The van der Waals surface area contributed by atoms with Gasteiger partial charge in [0.1, 0.15) is 5.56 Å². The maximum atomic E-state index is 13.3. The van der Waals surface area contributed by atoms with Crippen LogP contribution in [0.15, 0.2) is 36.5 Å². The fourth-order valence-corrected chi connectivity index (χ4v) is 5.11. The molecule has 0 unspecified atom stereocenters. The molecule has 1 saturated heterocycles. The number of amides is 1. The summed E-state index contributed by atoms with van der Waals surface area (Å²) in [6, 6.07) is 10.2. The molecular weight excluding hydrogens is 370 g/mol. The summed E-state index contributed by atoms with van der Waals surface area (Å²) in [5.41, 5.74) is 4.14. The van der Waals surface area contributed by atoms with E-state index in [1.54, 1.807) is 22.0 Å². The number of carbonyl (C=O) groups excluding carboxylic acids is 1. The highest BCUT2D eigenvalue weighted by Gasteiger charge is 2.29. The first-order chi connectivity index (χ1) is 13.6. The predicted octanol–water partition coefficient (Wildman–Crippen LogP) is 3.98. The highest BCUT2D eigenvalue weighted by molar-refractivity contribution is 7.18. The van der Waals surface area contributed by atoms with Gasteiger partial charge in [0.05, 0.1) is 21.4 Å². The molecule has 1 fully saturated rings. The normalized spacial score (nSPS) is 17.5. The number of hydrogen-bond acceptors (Lipinski definition) is 5. The number of piperidine rings is 1. The molecule has 6 nitrogen and oxygen atoms in total. The van der Waals surface area contributed by atoms with E-state index in [0.717, 1.165) is 41.3 Å². The molecule has 142 valence electrons. The monoisotopic (exact) mass is 391 g/mol. The molecule has 1 amide bonds. The largest absolute Gasteiger partial charge is 0.338 e. The predicted molar refractivity (Wildman–Crippen MR) is 110 cm³/mol. The van der Waals surface area contributed by atoms with E-state index in [1.807, 2.05) is 36.9 Å². The highest BCUT2D eigenvalue weighted by atomic mass is 32.1. The topological polar surface area (TPSA) is 63.4 Å². The second-order valence-corrected chi connectivity index (χ2v) is 8.50. The molecule has 3 aromatic heterocycles. The number of likely N-dealkylation sites (tertiary alicyclic amines) is 1. The van der Waals surface area contributed by atoms with Crippen LogP contribution in [0.1, 0.15) is 45.5 Å². The fraction of sp³-hybridized carbons (Fsp3) is 0.333. The standard InChI is InChI=1S/C21H21N5OS/c1-13-10-14(2)26-19(23-13)16(11-22-26)21(27)25-9-5-6-15(12-25)20-24-17-7-3-4-8-18(17)28-20/h3-4,7-8,10-11,15H,5-6,9,12H2,1-2H3/t15-/m1/s1. The van der Waals surface area contributed by atoms with Crippen LogP contribution in [0.5, 0.6) is 0 Å². The van der Waals surface area contributed by atoms with Gasteiger partial charge < -0.3 is 4.90 Å². The van der Waals surface area contributed by atoms with Gasteiger partial charge in [-0.05, 0) is 44.9 Å². The number of benzene rings is 1. The molecule has 0 radical (unpaired) electrons. The minimum Gasteiger partial charge on any atom is -0.338 e. The molecule has 0 bridgehead atoms. The Labute approximate surface area is 166 Å². The van der Waals surface area contributed by atoms with Crippen molar-refractivity contribution in [2.75, 3.05) is 13.1 Å². The van der Waals surface area contributed by atoms with Crippen LogP contribution >= 0.6 is 11.3 Å². The van der Waals surface area contributed by atoms with Crippen LogP contribution in [0, 0.1) is 13.8 Å². The van der Waals surface area contributed by atoms with Gasteiger partial charge in [-0.15, -0.1) is 11.3 Å². The van der Waals surface area contributed by atoms with Crippen LogP contribution in [0.3, 0.4) is 0 Å². The Morgan fingerprint density at radius 2 is 2.07 bits per heavy atom. The molecule has 7 heteroatoms. The second-order valence-electron chi connectivity index (χ2n) is 7.44. The molecule has 1 atom stereocenters. The number of para-hydroxylation sites is 1. The summed E-state index contributed by atoms with van der Waals surface area (Å²) in [6.07, 6.45) is 3.70. The molecule has 1 aromatic carbocycles. The minimum atomic E-state index is 0.0123. The third kappa shape index (κ3) is 2.86.